The van der Waals surface area contributed by atoms with E-state index in [1.807, 2.05) is 0 Å². The number of nitrogens with zero attached hydrogens (tertiary/aromatic N) is 1. The fraction of sp³-hybridized carbons (Fsp3) is 0.375. The van der Waals surface area contributed by atoms with Crippen molar-refractivity contribution in [3.05, 3.63) is 22.4 Å². The van der Waals surface area contributed by atoms with Crippen LogP contribution in [0.3, 0.4) is 0 Å². The summed E-state index contributed by atoms with van der Waals surface area (Å²) in [7, 11) is 0. The Bertz CT molecular complexity index is 355. The van der Waals surface area contributed by atoms with Gasteiger partial charge in [-0.05, 0) is 22.0 Å². The molecule has 1 aliphatic heterocycles. The van der Waals surface area contributed by atoms with Crippen molar-refractivity contribution >= 4 is 35.3 Å². The molecule has 0 saturated heterocycles. The second-order valence-electron chi connectivity index (χ2n) is 3.00. The van der Waals surface area contributed by atoms with E-state index < -0.39 is 6.17 Å². The molecule has 0 fully saturated rings. The fourth-order valence-electron chi connectivity index (χ4n) is 1.39. The number of alkyl halides is 1. The maximum Gasteiger partial charge on any atom is 0.268 e. The number of rotatable bonds is 0. The maximum absolute atomic E-state index is 13.1. The zero-order chi connectivity index (χ0) is 9.42. The van der Waals surface area contributed by atoms with Crippen LogP contribution in [0.5, 0.6) is 0 Å². The number of carbonyl (C=O) groups is 1. The number of halogens is 2. The minimum atomic E-state index is -1.01. The molecule has 3 nitrogen and oxygen atoms in total. The molecule has 14 heavy (non-hydrogen) atoms. The Labute approximate surface area is 96.2 Å². The third-order valence-electron chi connectivity index (χ3n) is 1.97. The summed E-state index contributed by atoms with van der Waals surface area (Å²) in [6.45, 7) is 0.331. The first-order valence-electron chi connectivity index (χ1n) is 3.95. The van der Waals surface area contributed by atoms with Crippen molar-refractivity contribution in [2.75, 3.05) is 6.54 Å². The van der Waals surface area contributed by atoms with Gasteiger partial charge in [-0.3, -0.25) is 4.79 Å². The third kappa shape index (κ3) is 2.12. The van der Waals surface area contributed by atoms with Crippen LogP contribution in [0.15, 0.2) is 16.7 Å². The first kappa shape index (κ1) is 11.6. The van der Waals surface area contributed by atoms with Crippen LogP contribution < -0.4 is 5.32 Å². The summed E-state index contributed by atoms with van der Waals surface area (Å²) < 4.78 is 15.5. The van der Waals surface area contributed by atoms with E-state index in [-0.39, 0.29) is 32.5 Å². The molecule has 78 valence electrons. The van der Waals surface area contributed by atoms with Crippen molar-refractivity contribution in [2.45, 2.75) is 12.7 Å². The monoisotopic (exact) mass is 280 g/mol. The Morgan fingerprint density at radius 1 is 1.64 bits per heavy atom. The van der Waals surface area contributed by atoms with Crippen molar-refractivity contribution in [3.8, 4) is 0 Å². The van der Waals surface area contributed by atoms with E-state index in [2.05, 4.69) is 21.2 Å². The highest BCUT2D eigenvalue weighted by atomic mass is 79.9. The highest BCUT2D eigenvalue weighted by Gasteiger charge is 2.20. The fourth-order valence-corrected chi connectivity index (χ4v) is 1.85. The SMILES string of the molecule is O=C1NC[C@@H](F)Cn2cc(Br)cc21.S. The molecule has 0 spiro atoms. The van der Waals surface area contributed by atoms with Crippen molar-refractivity contribution in [1.29, 1.82) is 0 Å². The average molecular weight is 281 g/mol. The lowest BCUT2D eigenvalue weighted by atomic mass is 10.4. The van der Waals surface area contributed by atoms with Crippen LogP contribution in [0.4, 0.5) is 4.39 Å². The predicted molar refractivity (Wildman–Crippen MR) is 59.7 cm³/mol. The third-order valence-corrected chi connectivity index (χ3v) is 2.41. The average Bonchev–Trinajstić information content (AvgIpc) is 2.37. The van der Waals surface area contributed by atoms with Gasteiger partial charge in [-0.25, -0.2) is 4.39 Å². The maximum atomic E-state index is 13.1. The minimum absolute atomic E-state index is 0. The molecule has 0 radical (unpaired) electrons. The van der Waals surface area contributed by atoms with Gasteiger partial charge in [-0.15, -0.1) is 0 Å². The molecule has 1 amide bonds. The van der Waals surface area contributed by atoms with E-state index >= 15 is 0 Å². The Balaban J connectivity index is 0.000000980. The molecule has 0 aromatic carbocycles. The van der Waals surface area contributed by atoms with Gasteiger partial charge in [0.05, 0.1) is 13.1 Å². The lowest BCUT2D eigenvalue weighted by Crippen LogP contribution is -2.27. The molecular weight excluding hydrogens is 271 g/mol. The molecule has 1 aromatic heterocycles. The van der Waals surface area contributed by atoms with Gasteiger partial charge >= 0.3 is 0 Å². The number of hydrogen-bond acceptors (Lipinski definition) is 1. The van der Waals surface area contributed by atoms with Crippen LogP contribution in [-0.4, -0.2) is 23.2 Å². The van der Waals surface area contributed by atoms with E-state index in [0.29, 0.717) is 5.69 Å². The van der Waals surface area contributed by atoms with Crippen LogP contribution in [0.1, 0.15) is 10.5 Å². The normalized spacial score (nSPS) is 20.4. The Morgan fingerprint density at radius 3 is 3.07 bits per heavy atom. The van der Waals surface area contributed by atoms with Gasteiger partial charge in [-0.2, -0.15) is 13.5 Å². The van der Waals surface area contributed by atoms with Gasteiger partial charge in [0, 0.05) is 10.7 Å². The first-order valence-corrected chi connectivity index (χ1v) is 4.74. The standard InChI is InChI=1S/C8H8BrFN2O.H2S/c9-5-1-7-8(13)11-2-6(10)4-12(7)3-5;/h1,3,6H,2,4H2,(H,11,13);1H2/t6-;/m1./s1. The second-order valence-corrected chi connectivity index (χ2v) is 3.92. The molecule has 0 bridgehead atoms. The molecule has 1 atom stereocenters. The summed E-state index contributed by atoms with van der Waals surface area (Å²) in [5.74, 6) is -0.217. The van der Waals surface area contributed by atoms with Gasteiger partial charge in [0.1, 0.15) is 11.9 Å². The molecule has 0 unspecified atom stereocenters. The Kier molecular flexibility index (Phi) is 3.60. The lowest BCUT2D eigenvalue weighted by molar-refractivity contribution is 0.0945. The Morgan fingerprint density at radius 2 is 2.36 bits per heavy atom. The molecular formula is C8H10BrFN2OS. The van der Waals surface area contributed by atoms with Crippen molar-refractivity contribution in [2.24, 2.45) is 0 Å². The predicted octanol–water partition coefficient (Wildman–Crippen LogP) is 1.44. The van der Waals surface area contributed by atoms with E-state index in [0.717, 1.165) is 4.47 Å². The zero-order valence-corrected chi connectivity index (χ0v) is 9.84. The van der Waals surface area contributed by atoms with Crippen LogP contribution in [0.2, 0.25) is 0 Å². The lowest BCUT2D eigenvalue weighted by Gasteiger charge is -2.03. The van der Waals surface area contributed by atoms with Crippen LogP contribution in [-0.2, 0) is 6.54 Å². The topological polar surface area (TPSA) is 34.0 Å². The number of nitrogens with one attached hydrogen (secondary N) is 1. The number of carbonyl (C=O) groups excluding carboxylic acids is 1. The van der Waals surface area contributed by atoms with Gasteiger partial charge in [-0.1, -0.05) is 0 Å². The molecule has 0 saturated carbocycles. The molecule has 0 aliphatic carbocycles. The number of hydrogen-bond donors (Lipinski definition) is 1. The summed E-state index contributed by atoms with van der Waals surface area (Å²) in [5.41, 5.74) is 0.507. The van der Waals surface area contributed by atoms with E-state index in [9.17, 15) is 9.18 Å². The van der Waals surface area contributed by atoms with Crippen molar-refractivity contribution in [1.82, 2.24) is 9.88 Å². The van der Waals surface area contributed by atoms with Crippen molar-refractivity contribution in [3.63, 3.8) is 0 Å². The minimum Gasteiger partial charge on any atom is -0.348 e. The van der Waals surface area contributed by atoms with Crippen LogP contribution >= 0.6 is 29.4 Å². The number of amides is 1. The van der Waals surface area contributed by atoms with Crippen LogP contribution in [0, 0.1) is 0 Å². The van der Waals surface area contributed by atoms with E-state index in [1.165, 1.54) is 0 Å². The summed E-state index contributed by atoms with van der Waals surface area (Å²) in [6.07, 6.45) is 0.705. The second kappa shape index (κ2) is 4.35. The molecule has 6 heteroatoms. The number of aromatic nitrogens is 1. The molecule has 1 aromatic rings. The van der Waals surface area contributed by atoms with Crippen molar-refractivity contribution < 1.29 is 9.18 Å². The van der Waals surface area contributed by atoms with Gasteiger partial charge < -0.3 is 9.88 Å². The summed E-state index contributed by atoms with van der Waals surface area (Å²) in [4.78, 5) is 11.3. The zero-order valence-electron chi connectivity index (χ0n) is 7.26. The first-order chi connectivity index (χ1) is 6.16. The largest absolute Gasteiger partial charge is 0.348 e. The summed E-state index contributed by atoms with van der Waals surface area (Å²) in [5, 5.41) is 2.51. The molecule has 1 aliphatic rings. The smallest absolute Gasteiger partial charge is 0.268 e. The van der Waals surface area contributed by atoms with E-state index in [4.69, 9.17) is 0 Å². The van der Waals surface area contributed by atoms with Gasteiger partial charge in [0.2, 0.25) is 0 Å². The number of fused-ring (bicyclic) bond motifs is 1. The summed E-state index contributed by atoms with van der Waals surface area (Å²) in [6, 6.07) is 1.69. The van der Waals surface area contributed by atoms with Crippen LogP contribution in [0.25, 0.3) is 0 Å². The highest BCUT2D eigenvalue weighted by Crippen LogP contribution is 2.17. The molecule has 2 heterocycles. The van der Waals surface area contributed by atoms with E-state index in [1.54, 1.807) is 16.8 Å². The van der Waals surface area contributed by atoms with Gasteiger partial charge in [0.25, 0.3) is 5.91 Å². The Hall–Kier alpha value is -0.490. The summed E-state index contributed by atoms with van der Waals surface area (Å²) >= 11 is 3.24. The molecule has 2 rings (SSSR count). The quantitative estimate of drug-likeness (QED) is 0.767. The highest BCUT2D eigenvalue weighted by molar-refractivity contribution is 9.10. The molecule has 1 N–H and O–H groups in total. The van der Waals surface area contributed by atoms with Gasteiger partial charge in [0.15, 0.2) is 0 Å².